The summed E-state index contributed by atoms with van der Waals surface area (Å²) in [6.45, 7) is 1.02. The molecule has 2 N–H and O–H groups in total. The zero-order valence-electron chi connectivity index (χ0n) is 9.56. The number of nitrogens with one attached hydrogen (secondary N) is 1. The van der Waals surface area contributed by atoms with Crippen molar-refractivity contribution >= 4 is 0 Å². The molecule has 0 amide bonds. The van der Waals surface area contributed by atoms with Gasteiger partial charge >= 0.3 is 0 Å². The van der Waals surface area contributed by atoms with Gasteiger partial charge in [0, 0.05) is 25.3 Å². The normalized spacial score (nSPS) is 26.6. The summed E-state index contributed by atoms with van der Waals surface area (Å²) in [5, 5.41) is 16.7. The Labute approximate surface area is 96.0 Å². The number of hydrogen-bond acceptors (Lipinski definition) is 4. The van der Waals surface area contributed by atoms with Crippen LogP contribution in [-0.2, 0) is 6.54 Å². The molecule has 4 nitrogen and oxygen atoms in total. The Kier molecular flexibility index (Phi) is 4.36. The Morgan fingerprint density at radius 3 is 3.00 bits per heavy atom. The van der Waals surface area contributed by atoms with Gasteiger partial charge in [-0.25, -0.2) is 0 Å². The minimum atomic E-state index is 0.288. The maximum absolute atomic E-state index is 9.37. The third-order valence-electron chi connectivity index (χ3n) is 3.43. The average Bonchev–Trinajstić information content (AvgIpc) is 2.71. The fourth-order valence-electron chi connectivity index (χ4n) is 2.44. The molecule has 0 aliphatic heterocycles. The monoisotopic (exact) mass is 224 g/mol. The van der Waals surface area contributed by atoms with Gasteiger partial charge in [-0.15, -0.1) is 0 Å². The largest absolute Gasteiger partial charge is 0.396 e. The van der Waals surface area contributed by atoms with E-state index in [1.807, 2.05) is 6.07 Å². The summed E-state index contributed by atoms with van der Waals surface area (Å²) in [4.78, 5) is 0. The molecule has 2 rings (SSSR count). The smallest absolute Gasteiger partial charge is 0.124 e. The summed E-state index contributed by atoms with van der Waals surface area (Å²) >= 11 is 0. The molecule has 16 heavy (non-hydrogen) atoms. The number of aliphatic hydroxyl groups is 1. The van der Waals surface area contributed by atoms with E-state index in [9.17, 15) is 5.11 Å². The van der Waals surface area contributed by atoms with Crippen LogP contribution >= 0.6 is 0 Å². The lowest BCUT2D eigenvalue weighted by molar-refractivity contribution is 0.180. The summed E-state index contributed by atoms with van der Waals surface area (Å²) < 4.78 is 4.79. The van der Waals surface area contributed by atoms with Crippen LogP contribution in [0.15, 0.2) is 16.9 Å². The lowest BCUT2D eigenvalue weighted by Crippen LogP contribution is -2.36. The first-order chi connectivity index (χ1) is 7.90. The Morgan fingerprint density at radius 1 is 1.38 bits per heavy atom. The van der Waals surface area contributed by atoms with Gasteiger partial charge in [-0.1, -0.05) is 24.4 Å². The standard InChI is InChI=1S/C12H20N2O2/c15-9-10-4-2-1-3-5-12(10)13-8-11-6-7-16-14-11/h6-7,10,12-13,15H,1-5,8-9H2. The summed E-state index contributed by atoms with van der Waals surface area (Å²) in [6.07, 6.45) is 7.67. The van der Waals surface area contributed by atoms with Crippen molar-refractivity contribution in [3.8, 4) is 0 Å². The van der Waals surface area contributed by atoms with Crippen LogP contribution in [-0.4, -0.2) is 22.9 Å². The fraction of sp³-hybridized carbons (Fsp3) is 0.750. The van der Waals surface area contributed by atoms with Crippen molar-refractivity contribution in [2.45, 2.75) is 44.7 Å². The van der Waals surface area contributed by atoms with E-state index < -0.39 is 0 Å². The van der Waals surface area contributed by atoms with Crippen molar-refractivity contribution in [3.05, 3.63) is 18.0 Å². The summed E-state index contributed by atoms with van der Waals surface area (Å²) in [5.74, 6) is 0.398. The lowest BCUT2D eigenvalue weighted by Gasteiger charge is -2.24. The SMILES string of the molecule is OCC1CCCCCC1NCc1ccon1. The first-order valence-electron chi connectivity index (χ1n) is 6.13. The molecule has 1 aliphatic rings. The third kappa shape index (κ3) is 3.06. The van der Waals surface area contributed by atoms with E-state index in [-0.39, 0.29) is 6.61 Å². The summed E-state index contributed by atoms with van der Waals surface area (Å²) in [6, 6.07) is 2.29. The van der Waals surface area contributed by atoms with Crippen LogP contribution in [0.1, 0.15) is 37.8 Å². The summed E-state index contributed by atoms with van der Waals surface area (Å²) in [7, 11) is 0. The third-order valence-corrected chi connectivity index (χ3v) is 3.43. The highest BCUT2D eigenvalue weighted by Gasteiger charge is 2.22. The highest BCUT2D eigenvalue weighted by atomic mass is 16.5. The molecule has 1 saturated carbocycles. The van der Waals surface area contributed by atoms with E-state index in [4.69, 9.17) is 4.52 Å². The molecule has 0 aromatic carbocycles. The van der Waals surface area contributed by atoms with Crippen molar-refractivity contribution < 1.29 is 9.63 Å². The van der Waals surface area contributed by atoms with Crippen molar-refractivity contribution in [2.75, 3.05) is 6.61 Å². The Balaban J connectivity index is 1.85. The Morgan fingerprint density at radius 2 is 2.25 bits per heavy atom. The quantitative estimate of drug-likeness (QED) is 0.764. The van der Waals surface area contributed by atoms with E-state index in [2.05, 4.69) is 10.5 Å². The molecular formula is C12H20N2O2. The van der Waals surface area contributed by atoms with Crippen LogP contribution in [0.25, 0.3) is 0 Å². The second-order valence-electron chi connectivity index (χ2n) is 4.56. The van der Waals surface area contributed by atoms with Crippen LogP contribution < -0.4 is 5.32 Å². The minimum Gasteiger partial charge on any atom is -0.396 e. The van der Waals surface area contributed by atoms with Gasteiger partial charge < -0.3 is 14.9 Å². The van der Waals surface area contributed by atoms with E-state index >= 15 is 0 Å². The topological polar surface area (TPSA) is 58.3 Å². The zero-order valence-corrected chi connectivity index (χ0v) is 9.56. The van der Waals surface area contributed by atoms with Crippen LogP contribution in [0.3, 0.4) is 0 Å². The van der Waals surface area contributed by atoms with Crippen molar-refractivity contribution in [2.24, 2.45) is 5.92 Å². The van der Waals surface area contributed by atoms with Crippen LogP contribution in [0.4, 0.5) is 0 Å². The first-order valence-corrected chi connectivity index (χ1v) is 6.13. The number of aromatic nitrogens is 1. The second kappa shape index (κ2) is 6.01. The van der Waals surface area contributed by atoms with Crippen LogP contribution in [0.5, 0.6) is 0 Å². The number of rotatable bonds is 4. The van der Waals surface area contributed by atoms with E-state index in [1.54, 1.807) is 6.26 Å². The van der Waals surface area contributed by atoms with Gasteiger partial charge in [-0.3, -0.25) is 0 Å². The second-order valence-corrected chi connectivity index (χ2v) is 4.56. The van der Waals surface area contributed by atoms with Gasteiger partial charge in [0.15, 0.2) is 0 Å². The molecule has 1 aromatic heterocycles. The number of nitrogens with zero attached hydrogens (tertiary/aromatic N) is 1. The van der Waals surface area contributed by atoms with Crippen molar-refractivity contribution in [1.82, 2.24) is 10.5 Å². The van der Waals surface area contributed by atoms with Gasteiger partial charge in [0.05, 0.1) is 5.69 Å². The van der Waals surface area contributed by atoms with Gasteiger partial charge in [-0.05, 0) is 18.8 Å². The van der Waals surface area contributed by atoms with Gasteiger partial charge in [0.1, 0.15) is 6.26 Å². The number of hydrogen-bond donors (Lipinski definition) is 2. The van der Waals surface area contributed by atoms with Crippen molar-refractivity contribution in [1.29, 1.82) is 0 Å². The molecule has 0 bridgehead atoms. The van der Waals surface area contributed by atoms with Crippen LogP contribution in [0, 0.1) is 5.92 Å². The fourth-order valence-corrected chi connectivity index (χ4v) is 2.44. The lowest BCUT2D eigenvalue weighted by atomic mass is 9.95. The molecule has 1 heterocycles. The molecule has 4 heteroatoms. The number of aliphatic hydroxyl groups excluding tert-OH is 1. The molecule has 0 radical (unpaired) electrons. The van der Waals surface area contributed by atoms with Gasteiger partial charge in [0.25, 0.3) is 0 Å². The Bertz CT molecular complexity index is 287. The molecule has 2 atom stereocenters. The van der Waals surface area contributed by atoms with E-state index in [1.165, 1.54) is 19.3 Å². The maximum atomic E-state index is 9.37. The molecule has 1 aromatic rings. The molecule has 0 spiro atoms. The first kappa shape index (κ1) is 11.6. The van der Waals surface area contributed by atoms with Crippen LogP contribution in [0.2, 0.25) is 0 Å². The van der Waals surface area contributed by atoms with E-state index in [0.717, 1.165) is 25.1 Å². The highest BCUT2D eigenvalue weighted by Crippen LogP contribution is 2.23. The Hall–Kier alpha value is -0.870. The molecule has 1 aliphatic carbocycles. The minimum absolute atomic E-state index is 0.288. The van der Waals surface area contributed by atoms with Gasteiger partial charge in [-0.2, -0.15) is 0 Å². The predicted molar refractivity (Wildman–Crippen MR) is 60.8 cm³/mol. The predicted octanol–water partition coefficient (Wildman–Crippen LogP) is 1.71. The molecular weight excluding hydrogens is 204 g/mol. The highest BCUT2D eigenvalue weighted by molar-refractivity contribution is 4.95. The average molecular weight is 224 g/mol. The van der Waals surface area contributed by atoms with Gasteiger partial charge in [0.2, 0.25) is 0 Å². The molecule has 0 saturated heterocycles. The zero-order chi connectivity index (χ0) is 11.2. The summed E-state index contributed by atoms with van der Waals surface area (Å²) in [5.41, 5.74) is 0.931. The maximum Gasteiger partial charge on any atom is 0.124 e. The van der Waals surface area contributed by atoms with E-state index in [0.29, 0.717) is 12.0 Å². The molecule has 1 fully saturated rings. The molecule has 2 unspecified atom stereocenters. The molecule has 90 valence electrons. The van der Waals surface area contributed by atoms with Crippen molar-refractivity contribution in [3.63, 3.8) is 0 Å².